The highest BCUT2D eigenvalue weighted by molar-refractivity contribution is 5.64. The van der Waals surface area contributed by atoms with Crippen LogP contribution in [0.4, 0.5) is 5.82 Å². The van der Waals surface area contributed by atoms with Crippen molar-refractivity contribution in [3.8, 4) is 17.3 Å². The van der Waals surface area contributed by atoms with Crippen molar-refractivity contribution in [2.75, 3.05) is 5.32 Å². The Kier molecular flexibility index (Phi) is 4.08. The molecule has 4 nitrogen and oxygen atoms in total. The Morgan fingerprint density at radius 1 is 0.955 bits per heavy atom. The summed E-state index contributed by atoms with van der Waals surface area (Å²) in [6.45, 7) is 0.529. The summed E-state index contributed by atoms with van der Waals surface area (Å²) in [6.07, 6.45) is 1.75. The highest BCUT2D eigenvalue weighted by Crippen LogP contribution is 2.21. The third kappa shape index (κ3) is 3.10. The van der Waals surface area contributed by atoms with E-state index < -0.39 is 0 Å². The van der Waals surface area contributed by atoms with Crippen molar-refractivity contribution in [3.05, 3.63) is 78.1 Å². The largest absolute Gasteiger partial charge is 0.363 e. The van der Waals surface area contributed by atoms with Crippen LogP contribution in [-0.4, -0.2) is 9.97 Å². The van der Waals surface area contributed by atoms with E-state index in [4.69, 9.17) is 0 Å². The number of nitriles is 1. The molecule has 106 valence electrons. The van der Waals surface area contributed by atoms with Crippen molar-refractivity contribution < 1.29 is 0 Å². The van der Waals surface area contributed by atoms with Gasteiger partial charge in [0.05, 0.1) is 23.5 Å². The predicted octanol–water partition coefficient (Wildman–Crippen LogP) is 3.63. The number of aromatic nitrogens is 2. The van der Waals surface area contributed by atoms with E-state index in [1.54, 1.807) is 12.3 Å². The lowest BCUT2D eigenvalue weighted by atomic mass is 10.1. The molecule has 0 radical (unpaired) electrons. The van der Waals surface area contributed by atoms with E-state index in [0.717, 1.165) is 17.0 Å². The Morgan fingerprint density at radius 3 is 2.50 bits per heavy atom. The van der Waals surface area contributed by atoms with Gasteiger partial charge in [0.15, 0.2) is 0 Å². The van der Waals surface area contributed by atoms with Gasteiger partial charge in [-0.15, -0.1) is 0 Å². The zero-order chi connectivity index (χ0) is 15.2. The molecule has 0 aliphatic rings. The summed E-state index contributed by atoms with van der Waals surface area (Å²) in [7, 11) is 0. The van der Waals surface area contributed by atoms with E-state index in [9.17, 15) is 5.26 Å². The number of nitrogens with zero attached hydrogens (tertiary/aromatic N) is 3. The standard InChI is InChI=1S/C18H14N4/c19-12-15-9-10-17(14-6-2-1-3-7-14)22-18(15)21-13-16-8-4-5-11-20-16/h1-11H,13H2,(H,21,22). The maximum absolute atomic E-state index is 9.23. The van der Waals surface area contributed by atoms with Gasteiger partial charge in [0.2, 0.25) is 0 Å². The monoisotopic (exact) mass is 286 g/mol. The molecule has 0 atom stereocenters. The minimum absolute atomic E-state index is 0.524. The topological polar surface area (TPSA) is 61.6 Å². The van der Waals surface area contributed by atoms with Crippen molar-refractivity contribution in [2.45, 2.75) is 6.54 Å². The zero-order valence-corrected chi connectivity index (χ0v) is 11.9. The quantitative estimate of drug-likeness (QED) is 0.795. The maximum Gasteiger partial charge on any atom is 0.144 e. The van der Waals surface area contributed by atoms with Crippen molar-refractivity contribution >= 4 is 5.82 Å². The molecule has 4 heteroatoms. The first-order valence-electron chi connectivity index (χ1n) is 6.97. The van der Waals surface area contributed by atoms with Gasteiger partial charge in [-0.2, -0.15) is 5.26 Å². The van der Waals surface area contributed by atoms with Crippen LogP contribution in [0.3, 0.4) is 0 Å². The molecule has 1 aromatic carbocycles. The Labute approximate surface area is 129 Å². The molecule has 0 bridgehead atoms. The molecule has 0 amide bonds. The highest BCUT2D eigenvalue weighted by atomic mass is 15.0. The molecule has 2 aromatic heterocycles. The summed E-state index contributed by atoms with van der Waals surface area (Å²) < 4.78 is 0. The van der Waals surface area contributed by atoms with Gasteiger partial charge in [-0.05, 0) is 24.3 Å². The third-order valence-electron chi connectivity index (χ3n) is 3.25. The van der Waals surface area contributed by atoms with Gasteiger partial charge < -0.3 is 5.32 Å². The van der Waals surface area contributed by atoms with Crippen LogP contribution in [0.5, 0.6) is 0 Å². The van der Waals surface area contributed by atoms with Crippen molar-refractivity contribution in [3.63, 3.8) is 0 Å². The first-order valence-corrected chi connectivity index (χ1v) is 6.97. The highest BCUT2D eigenvalue weighted by Gasteiger charge is 2.07. The zero-order valence-electron chi connectivity index (χ0n) is 11.9. The van der Waals surface area contributed by atoms with E-state index >= 15 is 0 Å². The Bertz CT molecular complexity index is 792. The van der Waals surface area contributed by atoms with Crippen molar-refractivity contribution in [1.82, 2.24) is 9.97 Å². The molecule has 0 aliphatic heterocycles. The average molecular weight is 286 g/mol. The van der Waals surface area contributed by atoms with E-state index in [1.807, 2.05) is 54.6 Å². The normalized spacial score (nSPS) is 9.95. The number of rotatable bonds is 4. The minimum Gasteiger partial charge on any atom is -0.363 e. The van der Waals surface area contributed by atoms with Gasteiger partial charge in [0.1, 0.15) is 11.9 Å². The average Bonchev–Trinajstić information content (AvgIpc) is 2.61. The second-order valence-electron chi connectivity index (χ2n) is 4.75. The molecule has 0 spiro atoms. The van der Waals surface area contributed by atoms with Crippen LogP contribution in [0.2, 0.25) is 0 Å². The summed E-state index contributed by atoms with van der Waals surface area (Å²) in [6, 6.07) is 21.4. The van der Waals surface area contributed by atoms with Crippen LogP contribution < -0.4 is 5.32 Å². The summed E-state index contributed by atoms with van der Waals surface area (Å²) in [5.74, 6) is 0.578. The van der Waals surface area contributed by atoms with Gasteiger partial charge in [-0.25, -0.2) is 4.98 Å². The van der Waals surface area contributed by atoms with Crippen molar-refractivity contribution in [2.24, 2.45) is 0 Å². The van der Waals surface area contributed by atoms with Gasteiger partial charge >= 0.3 is 0 Å². The molecule has 22 heavy (non-hydrogen) atoms. The summed E-state index contributed by atoms with van der Waals surface area (Å²) >= 11 is 0. The van der Waals surface area contributed by atoms with Crippen molar-refractivity contribution in [1.29, 1.82) is 5.26 Å². The maximum atomic E-state index is 9.23. The number of hydrogen-bond donors (Lipinski definition) is 1. The number of anilines is 1. The second kappa shape index (κ2) is 6.51. The fourth-order valence-electron chi connectivity index (χ4n) is 2.13. The lowest BCUT2D eigenvalue weighted by Crippen LogP contribution is -2.05. The Morgan fingerprint density at radius 2 is 1.77 bits per heavy atom. The van der Waals surface area contributed by atoms with Crippen LogP contribution in [-0.2, 0) is 6.54 Å². The Balaban J connectivity index is 1.87. The molecule has 3 rings (SSSR count). The molecule has 3 aromatic rings. The lowest BCUT2D eigenvalue weighted by molar-refractivity contribution is 1.03. The summed E-state index contributed by atoms with van der Waals surface area (Å²) in [4.78, 5) is 8.82. The van der Waals surface area contributed by atoms with Crippen LogP contribution in [0.15, 0.2) is 66.9 Å². The third-order valence-corrected chi connectivity index (χ3v) is 3.25. The van der Waals surface area contributed by atoms with E-state index in [0.29, 0.717) is 17.9 Å². The number of pyridine rings is 2. The number of hydrogen-bond acceptors (Lipinski definition) is 4. The van der Waals surface area contributed by atoms with E-state index in [2.05, 4.69) is 21.4 Å². The van der Waals surface area contributed by atoms with Gasteiger partial charge in [-0.1, -0.05) is 36.4 Å². The molecule has 0 fully saturated rings. The van der Waals surface area contributed by atoms with E-state index in [-0.39, 0.29) is 0 Å². The molecule has 0 unspecified atom stereocenters. The Hall–Kier alpha value is -3.19. The van der Waals surface area contributed by atoms with Crippen LogP contribution in [0, 0.1) is 11.3 Å². The van der Waals surface area contributed by atoms with Crippen LogP contribution in [0.1, 0.15) is 11.3 Å². The van der Waals surface area contributed by atoms with Crippen LogP contribution >= 0.6 is 0 Å². The predicted molar refractivity (Wildman–Crippen MR) is 86.0 cm³/mol. The molecular formula is C18H14N4. The van der Waals surface area contributed by atoms with Gasteiger partial charge in [0, 0.05) is 11.8 Å². The van der Waals surface area contributed by atoms with Gasteiger partial charge in [-0.3, -0.25) is 4.98 Å². The van der Waals surface area contributed by atoms with Gasteiger partial charge in [0.25, 0.3) is 0 Å². The lowest BCUT2D eigenvalue weighted by Gasteiger charge is -2.09. The first kappa shape index (κ1) is 13.8. The number of nitrogens with one attached hydrogen (secondary N) is 1. The number of benzene rings is 1. The minimum atomic E-state index is 0.524. The molecule has 2 heterocycles. The smallest absolute Gasteiger partial charge is 0.144 e. The van der Waals surface area contributed by atoms with Crippen LogP contribution in [0.25, 0.3) is 11.3 Å². The summed E-state index contributed by atoms with van der Waals surface area (Å²) in [5.41, 5.74) is 3.28. The van der Waals surface area contributed by atoms with E-state index in [1.165, 1.54) is 0 Å². The molecule has 1 N–H and O–H groups in total. The fourth-order valence-corrected chi connectivity index (χ4v) is 2.13. The molecule has 0 saturated carbocycles. The molecular weight excluding hydrogens is 272 g/mol. The fraction of sp³-hybridized carbons (Fsp3) is 0.0556. The first-order chi connectivity index (χ1) is 10.9. The molecule has 0 aliphatic carbocycles. The summed E-state index contributed by atoms with van der Waals surface area (Å²) in [5, 5.41) is 12.4. The molecule has 0 saturated heterocycles. The second-order valence-corrected chi connectivity index (χ2v) is 4.75. The SMILES string of the molecule is N#Cc1ccc(-c2ccccc2)nc1NCc1ccccn1.